The molecule has 1 aliphatic heterocycles. The van der Waals surface area contributed by atoms with Crippen LogP contribution in [0.1, 0.15) is 38.8 Å². The number of nitrogens with zero attached hydrogens (tertiary/aromatic N) is 4. The number of ether oxygens (including phenoxy) is 2. The number of hydrogen-bond acceptors (Lipinski definition) is 7. The first-order chi connectivity index (χ1) is 16.1. The zero-order chi connectivity index (χ0) is 23.2. The van der Waals surface area contributed by atoms with Crippen molar-refractivity contribution < 1.29 is 14.3 Å². The van der Waals surface area contributed by atoms with Crippen molar-refractivity contribution >= 4 is 17.7 Å². The first-order valence-corrected chi connectivity index (χ1v) is 12.2. The lowest BCUT2D eigenvalue weighted by Crippen LogP contribution is -2.33. The maximum absolute atomic E-state index is 12.9. The summed E-state index contributed by atoms with van der Waals surface area (Å²) < 4.78 is 13.6. The van der Waals surface area contributed by atoms with E-state index in [0.717, 1.165) is 40.0 Å². The van der Waals surface area contributed by atoms with E-state index in [2.05, 4.69) is 34.3 Å². The Morgan fingerprint density at radius 3 is 2.61 bits per heavy atom. The molecule has 0 unspecified atom stereocenters. The van der Waals surface area contributed by atoms with Gasteiger partial charge >= 0.3 is 0 Å². The molecule has 1 N–H and O–H groups in total. The molecule has 9 heteroatoms. The minimum absolute atomic E-state index is 0.0538. The van der Waals surface area contributed by atoms with Crippen LogP contribution in [0.5, 0.6) is 11.5 Å². The minimum atomic E-state index is -0.133. The van der Waals surface area contributed by atoms with Gasteiger partial charge in [-0.1, -0.05) is 31.7 Å². The number of pyridine rings is 1. The highest BCUT2D eigenvalue weighted by Gasteiger charge is 2.22. The van der Waals surface area contributed by atoms with Gasteiger partial charge in [-0.3, -0.25) is 9.78 Å². The number of thioether (sulfide) groups is 1. The molecule has 1 atom stereocenters. The van der Waals surface area contributed by atoms with Crippen molar-refractivity contribution in [3.05, 3.63) is 48.3 Å². The summed E-state index contributed by atoms with van der Waals surface area (Å²) in [5.74, 6) is 2.67. The maximum atomic E-state index is 12.9. The Balaban J connectivity index is 1.43. The number of aromatic nitrogens is 4. The second kappa shape index (κ2) is 10.7. The van der Waals surface area contributed by atoms with E-state index < -0.39 is 0 Å². The number of fused-ring (bicyclic) bond motifs is 1. The Hall–Kier alpha value is -3.07. The summed E-state index contributed by atoms with van der Waals surface area (Å²) in [6.45, 7) is 8.22. The van der Waals surface area contributed by atoms with E-state index in [9.17, 15) is 4.79 Å². The Kier molecular flexibility index (Phi) is 7.49. The Bertz CT molecular complexity index is 1090. The van der Waals surface area contributed by atoms with Gasteiger partial charge in [0.15, 0.2) is 22.5 Å². The van der Waals surface area contributed by atoms with Gasteiger partial charge in [-0.05, 0) is 42.7 Å². The molecule has 0 spiro atoms. The van der Waals surface area contributed by atoms with Gasteiger partial charge in [0.05, 0.1) is 25.0 Å². The van der Waals surface area contributed by atoms with Crippen molar-refractivity contribution in [2.45, 2.75) is 44.9 Å². The highest BCUT2D eigenvalue weighted by Crippen LogP contribution is 2.34. The molecule has 0 aliphatic carbocycles. The number of rotatable bonds is 8. The highest BCUT2D eigenvalue weighted by atomic mass is 32.2. The third-order valence-corrected chi connectivity index (χ3v) is 6.38. The molecule has 0 bridgehead atoms. The zero-order valence-electron chi connectivity index (χ0n) is 19.2. The quantitative estimate of drug-likeness (QED) is 0.498. The molecule has 1 amide bonds. The van der Waals surface area contributed by atoms with Crippen LogP contribution in [0, 0.1) is 5.92 Å². The van der Waals surface area contributed by atoms with Gasteiger partial charge in [-0.25, -0.2) is 0 Å². The molecular formula is C24H29N5O3S. The zero-order valence-corrected chi connectivity index (χ0v) is 20.0. The number of hydrogen-bond donors (Lipinski definition) is 1. The monoisotopic (exact) mass is 467 g/mol. The molecule has 0 radical (unpaired) electrons. The molecule has 4 rings (SSSR count). The lowest BCUT2D eigenvalue weighted by atomic mass is 9.95. The van der Waals surface area contributed by atoms with Crippen LogP contribution in [0.2, 0.25) is 0 Å². The molecule has 0 saturated carbocycles. The first kappa shape index (κ1) is 23.1. The fraction of sp³-hybridized carbons (Fsp3) is 0.417. The van der Waals surface area contributed by atoms with Crippen molar-refractivity contribution in [3.8, 4) is 22.9 Å². The predicted molar refractivity (Wildman–Crippen MR) is 127 cm³/mol. The topological polar surface area (TPSA) is 91.2 Å². The summed E-state index contributed by atoms with van der Waals surface area (Å²) in [4.78, 5) is 16.9. The van der Waals surface area contributed by atoms with Gasteiger partial charge in [0, 0.05) is 30.9 Å². The molecule has 1 aliphatic rings. The van der Waals surface area contributed by atoms with E-state index in [0.29, 0.717) is 19.8 Å². The minimum Gasteiger partial charge on any atom is -0.490 e. The van der Waals surface area contributed by atoms with Gasteiger partial charge in [0.25, 0.3) is 0 Å². The molecule has 33 heavy (non-hydrogen) atoms. The highest BCUT2D eigenvalue weighted by molar-refractivity contribution is 7.99. The number of amides is 1. The summed E-state index contributed by atoms with van der Waals surface area (Å²) in [6.07, 6.45) is 4.32. The second-order valence-electron chi connectivity index (χ2n) is 8.12. The molecule has 2 aromatic heterocycles. The normalized spacial score (nSPS) is 14.1. The van der Waals surface area contributed by atoms with Crippen LogP contribution in [-0.2, 0) is 11.3 Å². The van der Waals surface area contributed by atoms with Crippen LogP contribution in [0.3, 0.4) is 0 Å². The Morgan fingerprint density at radius 2 is 1.88 bits per heavy atom. The van der Waals surface area contributed by atoms with Gasteiger partial charge in [0.1, 0.15) is 0 Å². The lowest BCUT2D eigenvalue weighted by Gasteiger charge is -2.24. The van der Waals surface area contributed by atoms with Gasteiger partial charge in [-0.15, -0.1) is 10.2 Å². The summed E-state index contributed by atoms with van der Waals surface area (Å²) in [5.41, 5.74) is 1.95. The van der Waals surface area contributed by atoms with Crippen LogP contribution < -0.4 is 14.8 Å². The largest absolute Gasteiger partial charge is 0.490 e. The smallest absolute Gasteiger partial charge is 0.230 e. The lowest BCUT2D eigenvalue weighted by molar-refractivity contribution is -0.119. The van der Waals surface area contributed by atoms with Crippen LogP contribution in [0.4, 0.5) is 0 Å². The predicted octanol–water partition coefficient (Wildman–Crippen LogP) is 4.13. The standard InChI is InChI=1S/C24H29N5O3S/c1-4-29-23(17-8-10-25-11-9-17)27-28-24(29)33-15-21(30)26-22(16(2)3)18-6-7-19-20(14-18)32-13-5-12-31-19/h6-11,14,16,22H,4-5,12-13,15H2,1-3H3,(H,26,30)/t22-/m0/s1. The third-order valence-electron chi connectivity index (χ3n) is 5.42. The van der Waals surface area contributed by atoms with Crippen LogP contribution in [0.15, 0.2) is 47.9 Å². The summed E-state index contributed by atoms with van der Waals surface area (Å²) in [5, 5.41) is 12.5. The molecule has 1 aromatic carbocycles. The van der Waals surface area contributed by atoms with E-state index in [1.165, 1.54) is 11.8 Å². The van der Waals surface area contributed by atoms with Crippen LogP contribution >= 0.6 is 11.8 Å². The molecule has 0 fully saturated rings. The first-order valence-electron chi connectivity index (χ1n) is 11.2. The number of benzene rings is 1. The van der Waals surface area contributed by atoms with E-state index in [1.54, 1.807) is 12.4 Å². The fourth-order valence-electron chi connectivity index (χ4n) is 3.75. The maximum Gasteiger partial charge on any atom is 0.230 e. The van der Waals surface area contributed by atoms with E-state index in [1.807, 2.05) is 41.8 Å². The molecule has 3 heterocycles. The number of carbonyl (C=O) groups is 1. The van der Waals surface area contributed by atoms with E-state index >= 15 is 0 Å². The van der Waals surface area contributed by atoms with Crippen molar-refractivity contribution in [1.82, 2.24) is 25.1 Å². The van der Waals surface area contributed by atoms with Gasteiger partial charge < -0.3 is 19.4 Å². The summed E-state index contributed by atoms with van der Waals surface area (Å²) in [7, 11) is 0. The molecule has 0 saturated heterocycles. The Morgan fingerprint density at radius 1 is 1.12 bits per heavy atom. The summed E-state index contributed by atoms with van der Waals surface area (Å²) in [6, 6.07) is 9.58. The van der Waals surface area contributed by atoms with Crippen LogP contribution in [0.25, 0.3) is 11.4 Å². The van der Waals surface area contributed by atoms with Crippen molar-refractivity contribution in [2.75, 3.05) is 19.0 Å². The van der Waals surface area contributed by atoms with Gasteiger partial charge in [0.2, 0.25) is 5.91 Å². The van der Waals surface area contributed by atoms with E-state index in [4.69, 9.17) is 9.47 Å². The second-order valence-corrected chi connectivity index (χ2v) is 9.06. The fourth-order valence-corrected chi connectivity index (χ4v) is 4.56. The SMILES string of the molecule is CCn1c(SCC(=O)N[C@H](c2ccc3c(c2)OCCCO3)C(C)C)nnc1-c1ccncc1. The molecule has 174 valence electrons. The third kappa shape index (κ3) is 5.47. The molecule has 3 aromatic rings. The van der Waals surface area contributed by atoms with E-state index in [-0.39, 0.29) is 23.6 Å². The number of nitrogens with one attached hydrogen (secondary N) is 1. The van der Waals surface area contributed by atoms with Crippen LogP contribution in [-0.4, -0.2) is 44.6 Å². The van der Waals surface area contributed by atoms with Gasteiger partial charge in [-0.2, -0.15) is 0 Å². The summed E-state index contributed by atoms with van der Waals surface area (Å²) >= 11 is 1.39. The number of carbonyl (C=O) groups excluding carboxylic acids is 1. The van der Waals surface area contributed by atoms with Crippen molar-refractivity contribution in [3.63, 3.8) is 0 Å². The van der Waals surface area contributed by atoms with Crippen molar-refractivity contribution in [2.24, 2.45) is 5.92 Å². The average molecular weight is 468 g/mol. The molecule has 8 nitrogen and oxygen atoms in total. The Labute approximate surface area is 198 Å². The van der Waals surface area contributed by atoms with Crippen molar-refractivity contribution in [1.29, 1.82) is 0 Å². The molecular weight excluding hydrogens is 438 g/mol. The average Bonchev–Trinajstić information content (AvgIpc) is 3.10.